The summed E-state index contributed by atoms with van der Waals surface area (Å²) in [5.74, 6) is 0.353. The maximum absolute atomic E-state index is 9.95. The molecule has 1 saturated carbocycles. The number of aliphatic hydroxyl groups excluding tert-OH is 1. The van der Waals surface area contributed by atoms with Crippen molar-refractivity contribution < 1.29 is 15.0 Å². The van der Waals surface area contributed by atoms with Crippen molar-refractivity contribution >= 4 is 6.09 Å². The normalized spacial score (nSPS) is 30.9. The number of amides is 1. The highest BCUT2D eigenvalue weighted by molar-refractivity contribution is 5.64. The second kappa shape index (κ2) is 2.88. The molecule has 0 heterocycles. The number of aliphatic hydroxyl groups is 1. The van der Waals surface area contributed by atoms with E-state index < -0.39 is 6.09 Å². The summed E-state index contributed by atoms with van der Waals surface area (Å²) in [4.78, 5) is 9.95. The lowest BCUT2D eigenvalue weighted by molar-refractivity contribution is 0.0431. The number of hydrogen-bond acceptors (Lipinski definition) is 2. The van der Waals surface area contributed by atoms with Gasteiger partial charge >= 0.3 is 6.09 Å². The van der Waals surface area contributed by atoms with Gasteiger partial charge in [0.1, 0.15) is 0 Å². The fourth-order valence-electron chi connectivity index (χ4n) is 1.10. The van der Waals surface area contributed by atoms with E-state index >= 15 is 0 Å². The SMILES string of the molecule is O=C(O)NC[C@H]1C[C@H](O)C1. The van der Waals surface area contributed by atoms with Gasteiger partial charge in [0.05, 0.1) is 6.10 Å². The van der Waals surface area contributed by atoms with Crippen LogP contribution in [0.15, 0.2) is 0 Å². The molecular formula is C6H11NO3. The van der Waals surface area contributed by atoms with E-state index in [9.17, 15) is 4.79 Å². The molecule has 0 spiro atoms. The van der Waals surface area contributed by atoms with Gasteiger partial charge < -0.3 is 15.5 Å². The van der Waals surface area contributed by atoms with Crippen molar-refractivity contribution in [3.63, 3.8) is 0 Å². The van der Waals surface area contributed by atoms with Crippen LogP contribution in [0.2, 0.25) is 0 Å². The topological polar surface area (TPSA) is 69.6 Å². The average Bonchev–Trinajstić information content (AvgIpc) is 1.77. The lowest BCUT2D eigenvalue weighted by atomic mass is 9.82. The third kappa shape index (κ3) is 1.88. The predicted octanol–water partition coefficient (Wildman–Crippen LogP) is 0.0249. The van der Waals surface area contributed by atoms with Crippen LogP contribution in [0.5, 0.6) is 0 Å². The fourth-order valence-corrected chi connectivity index (χ4v) is 1.10. The number of hydrogen-bond donors (Lipinski definition) is 3. The maximum Gasteiger partial charge on any atom is 0.404 e. The van der Waals surface area contributed by atoms with Gasteiger partial charge in [0.25, 0.3) is 0 Å². The predicted molar refractivity (Wildman–Crippen MR) is 34.8 cm³/mol. The molecule has 0 aromatic rings. The minimum Gasteiger partial charge on any atom is -0.465 e. The van der Waals surface area contributed by atoms with Gasteiger partial charge in [0.15, 0.2) is 0 Å². The molecule has 10 heavy (non-hydrogen) atoms. The Morgan fingerprint density at radius 2 is 2.20 bits per heavy atom. The van der Waals surface area contributed by atoms with Crippen LogP contribution in [0.1, 0.15) is 12.8 Å². The lowest BCUT2D eigenvalue weighted by Gasteiger charge is -2.30. The van der Waals surface area contributed by atoms with E-state index in [0.29, 0.717) is 12.5 Å². The first-order valence-electron chi connectivity index (χ1n) is 3.33. The fraction of sp³-hybridized carbons (Fsp3) is 0.833. The first-order chi connectivity index (χ1) is 4.68. The Morgan fingerprint density at radius 1 is 1.60 bits per heavy atom. The number of carbonyl (C=O) groups is 1. The van der Waals surface area contributed by atoms with Crippen molar-refractivity contribution in [1.82, 2.24) is 5.32 Å². The van der Waals surface area contributed by atoms with Crippen LogP contribution in [0, 0.1) is 5.92 Å². The molecule has 0 radical (unpaired) electrons. The van der Waals surface area contributed by atoms with Crippen LogP contribution < -0.4 is 5.32 Å². The van der Waals surface area contributed by atoms with Gasteiger partial charge in [-0.05, 0) is 18.8 Å². The monoisotopic (exact) mass is 145 g/mol. The Balaban J connectivity index is 2.00. The standard InChI is InChI=1S/C6H11NO3/c8-5-1-4(2-5)3-7-6(9)10/h4-5,7-8H,1-3H2,(H,9,10)/t4-,5-. The minimum atomic E-state index is -0.985. The molecule has 58 valence electrons. The van der Waals surface area contributed by atoms with Gasteiger partial charge in [-0.25, -0.2) is 4.79 Å². The number of carboxylic acid groups (broad SMARTS) is 1. The van der Waals surface area contributed by atoms with Gasteiger partial charge in [-0.3, -0.25) is 0 Å². The summed E-state index contributed by atoms with van der Waals surface area (Å²) in [7, 11) is 0. The van der Waals surface area contributed by atoms with Crippen LogP contribution in [-0.4, -0.2) is 29.0 Å². The molecule has 4 nitrogen and oxygen atoms in total. The van der Waals surface area contributed by atoms with Crippen LogP contribution in [0.25, 0.3) is 0 Å². The lowest BCUT2D eigenvalue weighted by Crippen LogP contribution is -2.37. The molecular weight excluding hydrogens is 134 g/mol. The zero-order chi connectivity index (χ0) is 7.56. The van der Waals surface area contributed by atoms with Gasteiger partial charge in [-0.15, -0.1) is 0 Å². The smallest absolute Gasteiger partial charge is 0.404 e. The quantitative estimate of drug-likeness (QED) is 0.513. The Hall–Kier alpha value is -0.770. The number of nitrogens with one attached hydrogen (secondary N) is 1. The molecule has 0 saturated heterocycles. The van der Waals surface area contributed by atoms with Gasteiger partial charge in [0.2, 0.25) is 0 Å². The van der Waals surface area contributed by atoms with Crippen molar-refractivity contribution in [1.29, 1.82) is 0 Å². The van der Waals surface area contributed by atoms with Crippen LogP contribution in [0.3, 0.4) is 0 Å². The number of rotatable bonds is 2. The van der Waals surface area contributed by atoms with Crippen molar-refractivity contribution in [2.45, 2.75) is 18.9 Å². The summed E-state index contributed by atoms with van der Waals surface area (Å²) in [6.45, 7) is 0.479. The van der Waals surface area contributed by atoms with Crippen molar-refractivity contribution in [3.05, 3.63) is 0 Å². The molecule has 1 amide bonds. The maximum atomic E-state index is 9.95. The molecule has 3 N–H and O–H groups in total. The summed E-state index contributed by atoms with van der Waals surface area (Å²) in [6, 6.07) is 0. The summed E-state index contributed by atoms with van der Waals surface area (Å²) < 4.78 is 0. The van der Waals surface area contributed by atoms with E-state index in [4.69, 9.17) is 10.2 Å². The van der Waals surface area contributed by atoms with Crippen molar-refractivity contribution in [2.24, 2.45) is 5.92 Å². The van der Waals surface area contributed by atoms with E-state index in [0.717, 1.165) is 12.8 Å². The molecule has 1 rings (SSSR count). The van der Waals surface area contributed by atoms with Crippen LogP contribution in [0.4, 0.5) is 4.79 Å². The molecule has 0 atom stereocenters. The zero-order valence-electron chi connectivity index (χ0n) is 5.58. The summed E-state index contributed by atoms with van der Waals surface area (Å²) in [5.41, 5.74) is 0. The Kier molecular flexibility index (Phi) is 2.11. The molecule has 0 aromatic heterocycles. The molecule has 1 aliphatic rings. The van der Waals surface area contributed by atoms with Gasteiger partial charge in [-0.2, -0.15) is 0 Å². The highest BCUT2D eigenvalue weighted by atomic mass is 16.4. The van der Waals surface area contributed by atoms with E-state index in [1.54, 1.807) is 0 Å². The summed E-state index contributed by atoms with van der Waals surface area (Å²) in [6.07, 6.45) is 0.294. The first-order valence-corrected chi connectivity index (χ1v) is 3.33. The molecule has 0 bridgehead atoms. The Labute approximate surface area is 58.9 Å². The third-order valence-electron chi connectivity index (χ3n) is 1.75. The van der Waals surface area contributed by atoms with Gasteiger partial charge in [0, 0.05) is 6.54 Å². The Bertz CT molecular complexity index is 131. The van der Waals surface area contributed by atoms with E-state index in [2.05, 4.69) is 5.32 Å². The summed E-state index contributed by atoms with van der Waals surface area (Å²) >= 11 is 0. The molecule has 0 aliphatic heterocycles. The van der Waals surface area contributed by atoms with E-state index in [-0.39, 0.29) is 6.10 Å². The molecule has 4 heteroatoms. The minimum absolute atomic E-state index is 0.194. The second-order valence-electron chi connectivity index (χ2n) is 2.68. The Morgan fingerprint density at radius 3 is 2.60 bits per heavy atom. The second-order valence-corrected chi connectivity index (χ2v) is 2.68. The average molecular weight is 145 g/mol. The highest BCUT2D eigenvalue weighted by Gasteiger charge is 2.26. The first kappa shape index (κ1) is 7.34. The van der Waals surface area contributed by atoms with Crippen molar-refractivity contribution in [2.75, 3.05) is 6.54 Å². The zero-order valence-corrected chi connectivity index (χ0v) is 5.58. The van der Waals surface area contributed by atoms with Crippen LogP contribution >= 0.6 is 0 Å². The van der Waals surface area contributed by atoms with Gasteiger partial charge in [-0.1, -0.05) is 0 Å². The third-order valence-corrected chi connectivity index (χ3v) is 1.75. The van der Waals surface area contributed by atoms with Crippen LogP contribution in [-0.2, 0) is 0 Å². The van der Waals surface area contributed by atoms with Crippen molar-refractivity contribution in [3.8, 4) is 0 Å². The largest absolute Gasteiger partial charge is 0.465 e. The van der Waals surface area contributed by atoms with E-state index in [1.165, 1.54) is 0 Å². The molecule has 1 aliphatic carbocycles. The molecule has 0 aromatic carbocycles. The van der Waals surface area contributed by atoms with E-state index in [1.807, 2.05) is 0 Å². The molecule has 0 unspecified atom stereocenters. The molecule has 1 fully saturated rings. The summed E-state index contributed by atoms with van der Waals surface area (Å²) in [5, 5.41) is 19.3. The highest BCUT2D eigenvalue weighted by Crippen LogP contribution is 2.25.